The van der Waals surface area contributed by atoms with Gasteiger partial charge in [0.05, 0.1) is 0 Å². The van der Waals surface area contributed by atoms with Crippen LogP contribution in [-0.4, -0.2) is 67.3 Å². The summed E-state index contributed by atoms with van der Waals surface area (Å²) in [4.78, 5) is 27.1. The zero-order valence-corrected chi connectivity index (χ0v) is 12.9. The molecule has 0 spiro atoms. The lowest BCUT2D eigenvalue weighted by Gasteiger charge is -2.21. The van der Waals surface area contributed by atoms with Gasteiger partial charge in [0, 0.05) is 32.6 Å². The Morgan fingerprint density at radius 2 is 1.67 bits per heavy atom. The number of allylic oxidation sites excluding steroid dienone is 1. The van der Waals surface area contributed by atoms with E-state index in [9.17, 15) is 9.59 Å². The number of hydrogen-bond donors (Lipinski definition) is 1. The first-order valence-electron chi connectivity index (χ1n) is 7.66. The van der Waals surface area contributed by atoms with Gasteiger partial charge in [-0.25, -0.2) is 0 Å². The second-order valence-corrected chi connectivity index (χ2v) is 5.31. The average Bonchev–Trinajstić information content (AvgIpc) is 2.72. The summed E-state index contributed by atoms with van der Waals surface area (Å²) in [5, 5.41) is 2.81. The number of nitrogens with zero attached hydrogens (tertiary/aromatic N) is 2. The highest BCUT2D eigenvalue weighted by atomic mass is 16.1. The number of carbonyl (C=O) groups excluding carboxylic acids is 2. The van der Waals surface area contributed by atoms with Gasteiger partial charge in [-0.05, 0) is 44.6 Å². The minimum atomic E-state index is -0.113. The fraction of sp³-hybridized carbons (Fsp3) is 0.625. The van der Waals surface area contributed by atoms with E-state index in [1.54, 1.807) is 0 Å². The lowest BCUT2D eigenvalue weighted by Crippen LogP contribution is -2.36. The van der Waals surface area contributed by atoms with E-state index in [-0.39, 0.29) is 11.7 Å². The van der Waals surface area contributed by atoms with Crippen LogP contribution >= 0.6 is 0 Å². The maximum atomic E-state index is 11.2. The van der Waals surface area contributed by atoms with Crippen LogP contribution < -0.4 is 5.32 Å². The van der Waals surface area contributed by atoms with Crippen molar-refractivity contribution in [3.63, 3.8) is 0 Å². The molecular weight excluding hydrogens is 266 g/mol. The van der Waals surface area contributed by atoms with E-state index in [4.69, 9.17) is 0 Å². The highest BCUT2D eigenvalue weighted by Gasteiger charge is 2.14. The van der Waals surface area contributed by atoms with Gasteiger partial charge in [0.1, 0.15) is 0 Å². The molecule has 1 amide bonds. The fourth-order valence-electron chi connectivity index (χ4n) is 2.46. The highest BCUT2D eigenvalue weighted by Crippen LogP contribution is 2.04. The summed E-state index contributed by atoms with van der Waals surface area (Å²) in [6.07, 6.45) is 5.33. The molecule has 0 aromatic rings. The predicted molar refractivity (Wildman–Crippen MR) is 85.1 cm³/mol. The maximum Gasteiger partial charge on any atom is 0.243 e. The van der Waals surface area contributed by atoms with Crippen LogP contribution in [-0.2, 0) is 9.59 Å². The van der Waals surface area contributed by atoms with Crippen molar-refractivity contribution in [3.05, 3.63) is 25.3 Å². The van der Waals surface area contributed by atoms with Crippen LogP contribution in [0.5, 0.6) is 0 Å². The molecule has 0 atom stereocenters. The summed E-state index contributed by atoms with van der Waals surface area (Å²) in [6, 6.07) is 0. The number of rotatable bonds is 9. The zero-order valence-electron chi connectivity index (χ0n) is 12.9. The number of ketones is 1. The van der Waals surface area contributed by atoms with Crippen LogP contribution in [0.15, 0.2) is 25.3 Å². The first-order chi connectivity index (χ1) is 10.2. The Balaban J connectivity index is 2.17. The lowest BCUT2D eigenvalue weighted by atomic mass is 10.2. The molecule has 1 rings (SSSR count). The van der Waals surface area contributed by atoms with E-state index in [1.807, 2.05) is 0 Å². The van der Waals surface area contributed by atoms with E-state index in [0.29, 0.717) is 13.0 Å². The van der Waals surface area contributed by atoms with Crippen LogP contribution in [0.4, 0.5) is 0 Å². The summed E-state index contributed by atoms with van der Waals surface area (Å²) in [7, 11) is 0. The smallest absolute Gasteiger partial charge is 0.243 e. The third-order valence-corrected chi connectivity index (χ3v) is 3.72. The van der Waals surface area contributed by atoms with Gasteiger partial charge >= 0.3 is 0 Å². The summed E-state index contributed by atoms with van der Waals surface area (Å²) >= 11 is 0. The van der Waals surface area contributed by atoms with Crippen molar-refractivity contribution < 1.29 is 9.59 Å². The average molecular weight is 293 g/mol. The molecule has 0 bridgehead atoms. The van der Waals surface area contributed by atoms with Gasteiger partial charge < -0.3 is 15.1 Å². The molecule has 1 aliphatic heterocycles. The maximum absolute atomic E-state index is 11.2. The largest absolute Gasteiger partial charge is 0.351 e. The van der Waals surface area contributed by atoms with E-state index >= 15 is 0 Å². The first-order valence-corrected chi connectivity index (χ1v) is 7.66. The fourth-order valence-corrected chi connectivity index (χ4v) is 2.46. The summed E-state index contributed by atoms with van der Waals surface area (Å²) in [5.41, 5.74) is 0. The van der Waals surface area contributed by atoms with Gasteiger partial charge in [-0.2, -0.15) is 0 Å². The van der Waals surface area contributed by atoms with Crippen molar-refractivity contribution in [2.24, 2.45) is 0 Å². The van der Waals surface area contributed by atoms with Crippen molar-refractivity contribution in [2.75, 3.05) is 45.8 Å². The van der Waals surface area contributed by atoms with Crippen molar-refractivity contribution in [2.45, 2.75) is 19.3 Å². The molecule has 1 aliphatic rings. The Hall–Kier alpha value is -1.46. The Morgan fingerprint density at radius 3 is 2.29 bits per heavy atom. The molecule has 0 aliphatic carbocycles. The minimum absolute atomic E-state index is 0.113. The number of amides is 1. The normalized spacial score (nSPS) is 17.0. The molecule has 1 saturated heterocycles. The molecule has 0 aromatic heterocycles. The summed E-state index contributed by atoms with van der Waals surface area (Å²) < 4.78 is 0. The topological polar surface area (TPSA) is 52.7 Å². The minimum Gasteiger partial charge on any atom is -0.351 e. The van der Waals surface area contributed by atoms with Crippen LogP contribution in [0, 0.1) is 0 Å². The van der Waals surface area contributed by atoms with Crippen LogP contribution in [0.2, 0.25) is 0 Å². The van der Waals surface area contributed by atoms with E-state index < -0.39 is 0 Å². The van der Waals surface area contributed by atoms with Crippen LogP contribution in [0.3, 0.4) is 0 Å². The van der Waals surface area contributed by atoms with Crippen molar-refractivity contribution in [1.29, 1.82) is 0 Å². The van der Waals surface area contributed by atoms with Crippen LogP contribution in [0.25, 0.3) is 0 Å². The van der Waals surface area contributed by atoms with Crippen molar-refractivity contribution >= 4 is 11.7 Å². The van der Waals surface area contributed by atoms with Crippen molar-refractivity contribution in [3.8, 4) is 0 Å². The van der Waals surface area contributed by atoms with E-state index in [0.717, 1.165) is 52.1 Å². The quantitative estimate of drug-likeness (QED) is 0.640. The van der Waals surface area contributed by atoms with Gasteiger partial charge in [-0.3, -0.25) is 9.59 Å². The van der Waals surface area contributed by atoms with Gasteiger partial charge in [0.2, 0.25) is 5.91 Å². The number of nitrogens with one attached hydrogen (secondary N) is 1. The van der Waals surface area contributed by atoms with Gasteiger partial charge in [-0.15, -0.1) is 0 Å². The third kappa shape index (κ3) is 7.78. The summed E-state index contributed by atoms with van der Waals surface area (Å²) in [6.45, 7) is 13.6. The van der Waals surface area contributed by atoms with E-state index in [1.165, 1.54) is 12.2 Å². The second-order valence-electron chi connectivity index (χ2n) is 5.31. The molecule has 5 heteroatoms. The molecule has 0 saturated carbocycles. The molecule has 5 nitrogen and oxygen atoms in total. The van der Waals surface area contributed by atoms with E-state index in [2.05, 4.69) is 28.3 Å². The molecule has 0 unspecified atom stereocenters. The molecule has 0 aromatic carbocycles. The Kier molecular flexibility index (Phi) is 8.62. The SMILES string of the molecule is C=CC(=O)CCCN1CCCN(CCNC(=O)C=C)CC1. The molecule has 1 N–H and O–H groups in total. The van der Waals surface area contributed by atoms with Crippen molar-refractivity contribution in [1.82, 2.24) is 15.1 Å². The Labute approximate surface area is 127 Å². The van der Waals surface area contributed by atoms with Gasteiger partial charge in [-0.1, -0.05) is 13.2 Å². The zero-order chi connectivity index (χ0) is 15.5. The lowest BCUT2D eigenvalue weighted by molar-refractivity contribution is -0.116. The molecule has 21 heavy (non-hydrogen) atoms. The Bertz CT molecular complexity index is 335. The first kappa shape index (κ1) is 17.6. The monoisotopic (exact) mass is 293 g/mol. The molecule has 0 radical (unpaired) electrons. The molecular formula is C16H27N3O2. The summed E-state index contributed by atoms with van der Waals surface area (Å²) in [5.74, 6) is 0.0164. The molecule has 118 valence electrons. The highest BCUT2D eigenvalue weighted by molar-refractivity contribution is 5.88. The van der Waals surface area contributed by atoms with Crippen LogP contribution in [0.1, 0.15) is 19.3 Å². The standard InChI is InChI=1S/C16H27N3O2/c1-3-15(20)7-5-9-18-10-6-11-19(14-13-18)12-8-17-16(21)4-2/h3-4H,1-2,5-14H2,(H,17,21). The second kappa shape index (κ2) is 10.3. The Morgan fingerprint density at radius 1 is 1.00 bits per heavy atom. The van der Waals surface area contributed by atoms with Gasteiger partial charge in [0.25, 0.3) is 0 Å². The third-order valence-electron chi connectivity index (χ3n) is 3.72. The number of hydrogen-bond acceptors (Lipinski definition) is 4. The molecule has 1 fully saturated rings. The number of carbonyl (C=O) groups is 2. The van der Waals surface area contributed by atoms with Gasteiger partial charge in [0.15, 0.2) is 5.78 Å². The predicted octanol–water partition coefficient (Wildman–Crippen LogP) is 0.832. The molecule has 1 heterocycles.